The molecule has 0 spiro atoms. The molecule has 1 rings (SSSR count). The Morgan fingerprint density at radius 3 is 1.35 bits per heavy atom. The molecule has 0 aliphatic rings. The maximum Gasteiger partial charge on any atom is 0.392 e. The molecule has 0 amide bonds. The van der Waals surface area contributed by atoms with Crippen LogP contribution in [0.25, 0.3) is 0 Å². The van der Waals surface area contributed by atoms with Gasteiger partial charge < -0.3 is 8.85 Å². The minimum Gasteiger partial charge on any atom is -0.520 e. The third kappa shape index (κ3) is 18.5. The number of hydrogen-bond donors (Lipinski definition) is 0. The normalized spacial score (nSPS) is 11.8. The molecular formula is C31H58O2Si. The lowest BCUT2D eigenvalue weighted by molar-refractivity contribution is 0.240. The summed E-state index contributed by atoms with van der Waals surface area (Å²) in [6.45, 7) is 9.53. The van der Waals surface area contributed by atoms with E-state index in [1.54, 1.807) is 0 Å². The van der Waals surface area contributed by atoms with Gasteiger partial charge in [0.15, 0.2) is 0 Å². The summed E-state index contributed by atoms with van der Waals surface area (Å²) in [5, 5.41) is 0. The van der Waals surface area contributed by atoms with E-state index in [9.17, 15) is 0 Å². The van der Waals surface area contributed by atoms with Crippen LogP contribution in [0.1, 0.15) is 141 Å². The number of aryl methyl sites for hydroxylation is 1. The van der Waals surface area contributed by atoms with Gasteiger partial charge in [0, 0.05) is 6.61 Å². The van der Waals surface area contributed by atoms with Crippen molar-refractivity contribution in [2.75, 3.05) is 6.61 Å². The van der Waals surface area contributed by atoms with Gasteiger partial charge >= 0.3 is 8.56 Å². The Bertz CT molecular complexity index is 572. The molecule has 34 heavy (non-hydrogen) atoms. The van der Waals surface area contributed by atoms with Crippen molar-refractivity contribution < 1.29 is 8.85 Å². The van der Waals surface area contributed by atoms with Crippen LogP contribution in [-0.4, -0.2) is 15.2 Å². The first-order valence-electron chi connectivity index (χ1n) is 14.9. The molecule has 0 N–H and O–H groups in total. The van der Waals surface area contributed by atoms with Gasteiger partial charge in [0.2, 0.25) is 0 Å². The maximum absolute atomic E-state index is 6.19. The van der Waals surface area contributed by atoms with Crippen LogP contribution in [0.3, 0.4) is 0 Å². The highest BCUT2D eigenvalue weighted by molar-refractivity contribution is 6.65. The Kier molecular flexibility index (Phi) is 19.7. The molecule has 0 aromatic heterocycles. The lowest BCUT2D eigenvalue weighted by atomic mass is 10.0. The molecule has 1 aromatic carbocycles. The smallest absolute Gasteiger partial charge is 0.392 e. The molecule has 0 atom stereocenters. The molecule has 0 aliphatic carbocycles. The largest absolute Gasteiger partial charge is 0.520 e. The maximum atomic E-state index is 6.19. The van der Waals surface area contributed by atoms with E-state index in [1.807, 2.05) is 12.1 Å². The van der Waals surface area contributed by atoms with Crippen molar-refractivity contribution in [3.8, 4) is 5.75 Å². The molecule has 0 saturated heterocycles. The Morgan fingerprint density at radius 1 is 0.559 bits per heavy atom. The molecule has 0 heterocycles. The summed E-state index contributed by atoms with van der Waals surface area (Å²) >= 11 is 0. The summed E-state index contributed by atoms with van der Waals surface area (Å²) in [5.41, 5.74) is 1.19. The second kappa shape index (κ2) is 21.5. The molecule has 2 nitrogen and oxygen atoms in total. The third-order valence-electron chi connectivity index (χ3n) is 6.90. The quantitative estimate of drug-likeness (QED) is 0.106. The summed E-state index contributed by atoms with van der Waals surface area (Å²) in [7, 11) is -2.09. The first-order valence-corrected chi connectivity index (χ1v) is 17.8. The number of benzene rings is 1. The van der Waals surface area contributed by atoms with Crippen LogP contribution in [0.15, 0.2) is 24.3 Å². The minimum absolute atomic E-state index is 0.837. The Labute approximate surface area is 214 Å². The van der Waals surface area contributed by atoms with E-state index in [1.165, 1.54) is 128 Å². The SMILES string of the molecule is CCCCCCCCCCCCCCCCCCCCCCO[Si](C)(C)Oc1ccccc1C. The van der Waals surface area contributed by atoms with Crippen molar-refractivity contribution in [1.29, 1.82) is 0 Å². The van der Waals surface area contributed by atoms with Crippen LogP contribution >= 0.6 is 0 Å². The lowest BCUT2D eigenvalue weighted by Gasteiger charge is -2.24. The van der Waals surface area contributed by atoms with Crippen LogP contribution in [0.5, 0.6) is 5.75 Å². The summed E-state index contributed by atoms with van der Waals surface area (Å²) in [6.07, 6.45) is 28.4. The highest BCUT2D eigenvalue weighted by Crippen LogP contribution is 2.21. The average molecular weight is 491 g/mol. The average Bonchev–Trinajstić information content (AvgIpc) is 2.81. The van der Waals surface area contributed by atoms with Crippen molar-refractivity contribution in [1.82, 2.24) is 0 Å². The standard InChI is InChI=1S/C31H58O2Si/c1-5-6-7-8-9-10-11-12-13-14-15-16-17-18-19-20-21-22-23-26-29-32-34(3,4)33-31-28-25-24-27-30(31)2/h24-25,27-28H,5-23,26,29H2,1-4H3. The predicted molar refractivity (Wildman–Crippen MR) is 153 cm³/mol. The van der Waals surface area contributed by atoms with E-state index in [0.717, 1.165) is 18.8 Å². The number of unbranched alkanes of at least 4 members (excludes halogenated alkanes) is 19. The molecule has 0 saturated carbocycles. The van der Waals surface area contributed by atoms with Gasteiger partial charge in [-0.25, -0.2) is 0 Å². The van der Waals surface area contributed by atoms with Crippen LogP contribution in [0.2, 0.25) is 13.1 Å². The Morgan fingerprint density at radius 2 is 0.941 bits per heavy atom. The van der Waals surface area contributed by atoms with E-state index in [4.69, 9.17) is 8.85 Å². The van der Waals surface area contributed by atoms with E-state index in [-0.39, 0.29) is 0 Å². The highest BCUT2D eigenvalue weighted by atomic mass is 28.4. The zero-order chi connectivity index (χ0) is 24.7. The van der Waals surface area contributed by atoms with Crippen LogP contribution in [0, 0.1) is 6.92 Å². The fourth-order valence-electron chi connectivity index (χ4n) is 4.64. The summed E-state index contributed by atoms with van der Waals surface area (Å²) in [4.78, 5) is 0. The minimum atomic E-state index is -2.09. The fraction of sp³-hybridized carbons (Fsp3) is 0.806. The Balaban J connectivity index is 1.79. The Hall–Kier alpha value is -0.803. The predicted octanol–water partition coefficient (Wildman–Crippen LogP) is 10.9. The van der Waals surface area contributed by atoms with Gasteiger partial charge in [0.25, 0.3) is 0 Å². The second-order valence-corrected chi connectivity index (χ2v) is 14.1. The second-order valence-electron chi connectivity index (χ2n) is 10.8. The van der Waals surface area contributed by atoms with Crippen molar-refractivity contribution in [2.24, 2.45) is 0 Å². The summed E-state index contributed by atoms with van der Waals surface area (Å²) < 4.78 is 12.3. The van der Waals surface area contributed by atoms with Gasteiger partial charge in [-0.3, -0.25) is 0 Å². The third-order valence-corrected chi connectivity index (χ3v) is 8.51. The van der Waals surface area contributed by atoms with Crippen molar-refractivity contribution >= 4 is 8.56 Å². The first-order chi connectivity index (χ1) is 16.5. The van der Waals surface area contributed by atoms with E-state index in [2.05, 4.69) is 39.1 Å². The molecule has 198 valence electrons. The molecule has 3 heteroatoms. The molecular weight excluding hydrogens is 432 g/mol. The molecule has 1 aromatic rings. The molecule has 0 fully saturated rings. The van der Waals surface area contributed by atoms with Gasteiger partial charge in [0.05, 0.1) is 0 Å². The van der Waals surface area contributed by atoms with Gasteiger partial charge in [-0.2, -0.15) is 0 Å². The zero-order valence-electron chi connectivity index (χ0n) is 23.5. The topological polar surface area (TPSA) is 18.5 Å². The monoisotopic (exact) mass is 490 g/mol. The lowest BCUT2D eigenvalue weighted by Crippen LogP contribution is -2.38. The molecule has 0 bridgehead atoms. The number of para-hydroxylation sites is 1. The summed E-state index contributed by atoms with van der Waals surface area (Å²) in [5.74, 6) is 0.975. The molecule has 0 unspecified atom stereocenters. The van der Waals surface area contributed by atoms with Crippen molar-refractivity contribution in [3.05, 3.63) is 29.8 Å². The van der Waals surface area contributed by atoms with Gasteiger partial charge in [-0.1, -0.05) is 147 Å². The van der Waals surface area contributed by atoms with E-state index in [0.29, 0.717) is 0 Å². The van der Waals surface area contributed by atoms with Crippen molar-refractivity contribution in [2.45, 2.75) is 155 Å². The van der Waals surface area contributed by atoms with Gasteiger partial charge in [0.1, 0.15) is 5.75 Å². The fourth-order valence-corrected chi connectivity index (χ4v) is 6.09. The molecule has 0 radical (unpaired) electrons. The highest BCUT2D eigenvalue weighted by Gasteiger charge is 2.27. The van der Waals surface area contributed by atoms with Crippen molar-refractivity contribution in [3.63, 3.8) is 0 Å². The summed E-state index contributed by atoms with van der Waals surface area (Å²) in [6, 6.07) is 8.23. The number of rotatable bonds is 24. The van der Waals surface area contributed by atoms with Crippen LogP contribution in [0.4, 0.5) is 0 Å². The van der Waals surface area contributed by atoms with E-state index < -0.39 is 8.56 Å². The number of hydrogen-bond acceptors (Lipinski definition) is 2. The first kappa shape index (κ1) is 31.2. The van der Waals surface area contributed by atoms with Gasteiger partial charge in [-0.05, 0) is 38.1 Å². The van der Waals surface area contributed by atoms with Crippen LogP contribution < -0.4 is 4.43 Å². The molecule has 0 aliphatic heterocycles. The van der Waals surface area contributed by atoms with Crippen LogP contribution in [-0.2, 0) is 4.43 Å². The zero-order valence-corrected chi connectivity index (χ0v) is 24.5. The van der Waals surface area contributed by atoms with E-state index >= 15 is 0 Å². The van der Waals surface area contributed by atoms with Gasteiger partial charge in [-0.15, -0.1) is 0 Å².